The van der Waals surface area contributed by atoms with Gasteiger partial charge in [0.2, 0.25) is 11.7 Å². The minimum absolute atomic E-state index is 0.00863. The van der Waals surface area contributed by atoms with E-state index in [4.69, 9.17) is 4.74 Å². The minimum Gasteiger partial charge on any atom is -0.475 e. The van der Waals surface area contributed by atoms with Crippen LogP contribution in [0.15, 0.2) is 6.20 Å². The molecule has 1 atom stereocenters. The van der Waals surface area contributed by atoms with Gasteiger partial charge in [-0.2, -0.15) is 9.37 Å². The average Bonchev–Trinajstić information content (AvgIpc) is 3.44. The fourth-order valence-electron chi connectivity index (χ4n) is 3.19. The van der Waals surface area contributed by atoms with Crippen molar-refractivity contribution in [3.63, 3.8) is 0 Å². The minimum atomic E-state index is -3.35. The van der Waals surface area contributed by atoms with E-state index in [1.807, 2.05) is 0 Å². The molecule has 0 spiro atoms. The fraction of sp³-hybridized carbons (Fsp3) is 0.684. The van der Waals surface area contributed by atoms with Crippen LogP contribution in [0.2, 0.25) is 0 Å². The first kappa shape index (κ1) is 22.4. The summed E-state index contributed by atoms with van der Waals surface area (Å²) < 4.78 is 44.1. The Balaban J connectivity index is 1.42. The van der Waals surface area contributed by atoms with E-state index in [0.717, 1.165) is 19.0 Å². The van der Waals surface area contributed by atoms with Gasteiger partial charge in [0.05, 0.1) is 24.3 Å². The number of carbonyl (C=O) groups excluding carboxylic acids is 2. The van der Waals surface area contributed by atoms with Crippen LogP contribution in [0, 0.1) is 11.7 Å². The maximum absolute atomic E-state index is 13.8. The van der Waals surface area contributed by atoms with Crippen molar-refractivity contribution in [1.82, 2.24) is 20.2 Å². The molecule has 1 aliphatic carbocycles. The average molecular weight is 443 g/mol. The van der Waals surface area contributed by atoms with Crippen LogP contribution in [0.1, 0.15) is 50.8 Å². The predicted molar refractivity (Wildman–Crippen MR) is 106 cm³/mol. The molecule has 1 aromatic rings. The topological polar surface area (TPSA) is 119 Å². The lowest BCUT2D eigenvalue weighted by molar-refractivity contribution is -0.118. The fourth-order valence-corrected chi connectivity index (χ4v) is 4.91. The van der Waals surface area contributed by atoms with Crippen molar-refractivity contribution >= 4 is 21.8 Å². The van der Waals surface area contributed by atoms with Crippen molar-refractivity contribution in [2.75, 3.05) is 31.2 Å². The summed E-state index contributed by atoms with van der Waals surface area (Å²) >= 11 is 0. The van der Waals surface area contributed by atoms with Gasteiger partial charge in [-0.3, -0.25) is 10.1 Å². The van der Waals surface area contributed by atoms with E-state index in [-0.39, 0.29) is 35.7 Å². The molecule has 166 valence electrons. The molecule has 30 heavy (non-hydrogen) atoms. The number of aromatic nitrogens is 2. The second kappa shape index (κ2) is 9.67. The Bertz CT molecular complexity index is 891. The molecule has 0 bridgehead atoms. The molecule has 1 aromatic heterocycles. The van der Waals surface area contributed by atoms with E-state index < -0.39 is 27.6 Å². The second-order valence-corrected chi connectivity index (χ2v) is 10.2. The summed E-state index contributed by atoms with van der Waals surface area (Å²) in [6, 6.07) is -0.402. The first-order valence-electron chi connectivity index (χ1n) is 10.2. The van der Waals surface area contributed by atoms with Gasteiger partial charge in [-0.15, -0.1) is 0 Å². The van der Waals surface area contributed by atoms with Crippen molar-refractivity contribution in [2.45, 2.75) is 44.9 Å². The third kappa shape index (κ3) is 6.61. The number of rotatable bonds is 12. The Morgan fingerprint density at radius 1 is 1.30 bits per heavy atom. The normalized spacial score (nSPS) is 17.9. The number of ether oxygens (including phenoxy) is 1. The quantitative estimate of drug-likeness (QED) is 0.386. The summed E-state index contributed by atoms with van der Waals surface area (Å²) in [6.45, 7) is 2.57. The summed E-state index contributed by atoms with van der Waals surface area (Å²) in [7, 11) is -3.35. The van der Waals surface area contributed by atoms with Gasteiger partial charge < -0.3 is 9.64 Å². The zero-order valence-corrected chi connectivity index (χ0v) is 17.8. The number of urea groups is 1. The number of hydrogen-bond donors (Lipinski definition) is 1. The number of sulfone groups is 1. The Labute approximate surface area is 175 Å². The number of hydrogen-bond acceptors (Lipinski definition) is 7. The van der Waals surface area contributed by atoms with Gasteiger partial charge in [0.15, 0.2) is 9.84 Å². The molecule has 9 nitrogen and oxygen atoms in total. The summed E-state index contributed by atoms with van der Waals surface area (Å²) in [6.07, 6.45) is 4.85. The Morgan fingerprint density at radius 2 is 2.07 bits per heavy atom. The van der Waals surface area contributed by atoms with Gasteiger partial charge >= 0.3 is 6.03 Å². The highest BCUT2D eigenvalue weighted by atomic mass is 32.2. The number of nitrogens with zero attached hydrogens (tertiary/aromatic N) is 3. The second-order valence-electron chi connectivity index (χ2n) is 7.99. The smallest absolute Gasteiger partial charge is 0.324 e. The molecule has 2 aliphatic rings. The molecule has 1 N–H and O–H groups in total. The Hall–Kier alpha value is -2.30. The van der Waals surface area contributed by atoms with Crippen LogP contribution in [0.25, 0.3) is 0 Å². The highest BCUT2D eigenvalue weighted by molar-refractivity contribution is 7.91. The largest absolute Gasteiger partial charge is 0.475 e. The zero-order chi connectivity index (χ0) is 21.7. The van der Waals surface area contributed by atoms with Crippen molar-refractivity contribution in [3.05, 3.63) is 17.8 Å². The number of imide groups is 1. The lowest BCUT2D eigenvalue weighted by Crippen LogP contribution is -2.29. The van der Waals surface area contributed by atoms with Crippen LogP contribution in [-0.4, -0.2) is 66.4 Å². The molecule has 11 heteroatoms. The Morgan fingerprint density at radius 3 is 2.73 bits per heavy atom. The van der Waals surface area contributed by atoms with E-state index in [2.05, 4.69) is 15.3 Å². The molecule has 1 aliphatic heterocycles. The summed E-state index contributed by atoms with van der Waals surface area (Å²) in [5.74, 6) is -1.02. The first-order chi connectivity index (χ1) is 14.2. The Kier molecular flexibility index (Phi) is 7.22. The van der Waals surface area contributed by atoms with E-state index in [0.29, 0.717) is 38.3 Å². The number of unbranched alkanes of at least 4 members (excludes halogenated alkanes) is 2. The summed E-state index contributed by atoms with van der Waals surface area (Å²) in [4.78, 5) is 32.0. The standard InChI is InChI=1S/C19H27FN4O5S/c1-13(17-21-9-15(20)18(23-17)29-11-14-5-6-14)12-30(27,28)8-4-2-3-7-24-10-16(25)22-19(24)26/h9,13-14H,2-8,10-12H2,1H3,(H,22,25,26)/t13-/m0/s1. The van der Waals surface area contributed by atoms with E-state index in [1.54, 1.807) is 6.92 Å². The molecular weight excluding hydrogens is 415 g/mol. The summed E-state index contributed by atoms with van der Waals surface area (Å²) in [5, 5.41) is 2.20. The summed E-state index contributed by atoms with van der Waals surface area (Å²) in [5.41, 5.74) is 0. The van der Waals surface area contributed by atoms with Crippen molar-refractivity contribution in [1.29, 1.82) is 0 Å². The third-order valence-corrected chi connectivity index (χ3v) is 7.00. The van der Waals surface area contributed by atoms with Crippen LogP contribution in [0.3, 0.4) is 0 Å². The maximum atomic E-state index is 13.8. The van der Waals surface area contributed by atoms with Gasteiger partial charge in [0, 0.05) is 12.5 Å². The van der Waals surface area contributed by atoms with Crippen LogP contribution in [0.5, 0.6) is 5.88 Å². The van der Waals surface area contributed by atoms with Gasteiger partial charge in [-0.05, 0) is 31.6 Å². The molecule has 3 amide bonds. The molecule has 1 saturated carbocycles. The maximum Gasteiger partial charge on any atom is 0.324 e. The van der Waals surface area contributed by atoms with E-state index >= 15 is 0 Å². The molecular formula is C19H27FN4O5S. The van der Waals surface area contributed by atoms with Gasteiger partial charge in [-0.1, -0.05) is 13.3 Å². The third-order valence-electron chi connectivity index (χ3n) is 5.08. The number of amides is 3. The number of halogens is 1. The lowest BCUT2D eigenvalue weighted by Gasteiger charge is -2.14. The molecule has 3 rings (SSSR count). The molecule has 2 fully saturated rings. The lowest BCUT2D eigenvalue weighted by atomic mass is 10.2. The van der Waals surface area contributed by atoms with Crippen LogP contribution in [-0.2, 0) is 14.6 Å². The predicted octanol–water partition coefficient (Wildman–Crippen LogP) is 1.64. The first-order valence-corrected chi connectivity index (χ1v) is 12.0. The van der Waals surface area contributed by atoms with Gasteiger partial charge in [-0.25, -0.2) is 18.2 Å². The van der Waals surface area contributed by atoms with E-state index in [1.165, 1.54) is 4.90 Å². The zero-order valence-electron chi connectivity index (χ0n) is 17.0. The molecule has 1 saturated heterocycles. The van der Waals surface area contributed by atoms with Crippen molar-refractivity contribution in [3.8, 4) is 5.88 Å². The molecule has 0 aromatic carbocycles. The molecule has 2 heterocycles. The molecule has 0 unspecified atom stereocenters. The molecule has 0 radical (unpaired) electrons. The van der Waals surface area contributed by atoms with E-state index in [9.17, 15) is 22.4 Å². The van der Waals surface area contributed by atoms with Crippen molar-refractivity contribution < 1.29 is 27.1 Å². The van der Waals surface area contributed by atoms with Crippen LogP contribution < -0.4 is 10.1 Å². The SMILES string of the molecule is C[C@@H](CS(=O)(=O)CCCCCN1CC(=O)NC1=O)c1ncc(F)c(OCC2CC2)n1. The van der Waals surface area contributed by atoms with Crippen LogP contribution in [0.4, 0.5) is 9.18 Å². The van der Waals surface area contributed by atoms with Crippen LogP contribution >= 0.6 is 0 Å². The highest BCUT2D eigenvalue weighted by Crippen LogP contribution is 2.30. The monoisotopic (exact) mass is 442 g/mol. The number of carbonyl (C=O) groups is 2. The van der Waals surface area contributed by atoms with Gasteiger partial charge in [0.25, 0.3) is 5.88 Å². The highest BCUT2D eigenvalue weighted by Gasteiger charge is 2.26. The van der Waals surface area contributed by atoms with Gasteiger partial charge in [0.1, 0.15) is 12.4 Å². The number of nitrogens with one attached hydrogen (secondary N) is 1. The van der Waals surface area contributed by atoms with Crippen molar-refractivity contribution in [2.24, 2.45) is 5.92 Å².